The molecule has 1 amide bonds. The highest BCUT2D eigenvalue weighted by molar-refractivity contribution is 5.83. The number of imidazole rings is 1. The van der Waals surface area contributed by atoms with E-state index in [2.05, 4.69) is 20.3 Å². The van der Waals surface area contributed by atoms with E-state index >= 15 is 0 Å². The van der Waals surface area contributed by atoms with Gasteiger partial charge in [-0.25, -0.2) is 4.98 Å². The van der Waals surface area contributed by atoms with Crippen LogP contribution in [0.4, 0.5) is 11.8 Å². The number of aliphatic hydroxyl groups is 2. The van der Waals surface area contributed by atoms with Gasteiger partial charge in [-0.15, -0.1) is 0 Å². The van der Waals surface area contributed by atoms with E-state index < -0.39 is 30.4 Å². The van der Waals surface area contributed by atoms with Crippen LogP contribution >= 0.6 is 0 Å². The number of aromatic nitrogens is 4. The molecule has 2 aliphatic rings. The molecule has 0 spiro atoms. The third-order valence-electron chi connectivity index (χ3n) is 7.02. The topological polar surface area (TPSA) is 174 Å². The van der Waals surface area contributed by atoms with Crippen molar-refractivity contribution in [3.8, 4) is 0 Å². The Morgan fingerprint density at radius 3 is 2.68 bits per heavy atom. The normalized spacial score (nSPS) is 25.7. The Bertz CT molecular complexity index is 962. The Hall–Kier alpha value is -2.50. The molecular weight excluding hydrogens is 438 g/mol. The molecule has 1 aliphatic heterocycles. The number of nitrogen functional groups attached to an aromatic ring is 1. The maximum Gasteiger partial charge on any atom is 0.226 e. The number of carbonyl (C=O) groups is 1. The van der Waals surface area contributed by atoms with Crippen LogP contribution in [0, 0.1) is 5.92 Å². The van der Waals surface area contributed by atoms with E-state index in [0.717, 1.165) is 18.9 Å². The van der Waals surface area contributed by atoms with E-state index in [1.165, 1.54) is 51.3 Å². The van der Waals surface area contributed by atoms with Gasteiger partial charge in [-0.1, -0.05) is 44.9 Å². The summed E-state index contributed by atoms with van der Waals surface area (Å²) in [5.74, 6) is 1.10. The summed E-state index contributed by atoms with van der Waals surface area (Å²) in [6, 6.07) is 0. The second kappa shape index (κ2) is 11.3. The van der Waals surface area contributed by atoms with Crippen LogP contribution in [0.1, 0.15) is 76.9 Å². The smallest absolute Gasteiger partial charge is 0.226 e. The minimum absolute atomic E-state index is 0.195. The van der Waals surface area contributed by atoms with Gasteiger partial charge < -0.3 is 31.7 Å². The van der Waals surface area contributed by atoms with Crippen molar-refractivity contribution in [1.29, 1.82) is 0 Å². The molecule has 2 unspecified atom stereocenters. The van der Waals surface area contributed by atoms with E-state index in [0.29, 0.717) is 30.0 Å². The Morgan fingerprint density at radius 2 is 1.91 bits per heavy atom. The lowest BCUT2D eigenvalue weighted by Gasteiger charge is -2.21. The molecular formula is C23H37N7O4. The molecule has 1 saturated heterocycles. The largest absolute Gasteiger partial charge is 0.388 e. The second-order valence-corrected chi connectivity index (χ2v) is 9.59. The van der Waals surface area contributed by atoms with E-state index in [1.54, 1.807) is 4.57 Å². The fourth-order valence-electron chi connectivity index (χ4n) is 5.11. The summed E-state index contributed by atoms with van der Waals surface area (Å²) in [6.45, 7) is 0.745. The number of nitrogens with zero attached hydrogens (tertiary/aromatic N) is 4. The Balaban J connectivity index is 1.37. The van der Waals surface area contributed by atoms with Crippen LogP contribution in [0.25, 0.3) is 11.2 Å². The number of fused-ring (bicyclic) bond motifs is 1. The zero-order chi connectivity index (χ0) is 24.1. The third kappa shape index (κ3) is 5.76. The summed E-state index contributed by atoms with van der Waals surface area (Å²) in [7, 11) is 0. The first-order valence-electron chi connectivity index (χ1n) is 12.5. The van der Waals surface area contributed by atoms with Crippen molar-refractivity contribution >= 4 is 28.8 Å². The molecule has 4 rings (SSSR count). The van der Waals surface area contributed by atoms with E-state index in [1.807, 2.05) is 0 Å². The van der Waals surface area contributed by atoms with Gasteiger partial charge in [0.25, 0.3) is 0 Å². The molecule has 7 N–H and O–H groups in total. The number of rotatable bonds is 11. The van der Waals surface area contributed by atoms with Crippen molar-refractivity contribution in [2.24, 2.45) is 11.7 Å². The fourth-order valence-corrected chi connectivity index (χ4v) is 5.11. The lowest BCUT2D eigenvalue weighted by Crippen LogP contribution is -2.31. The first-order valence-corrected chi connectivity index (χ1v) is 12.5. The van der Waals surface area contributed by atoms with E-state index in [-0.39, 0.29) is 12.2 Å². The Labute approximate surface area is 199 Å². The summed E-state index contributed by atoms with van der Waals surface area (Å²) in [5.41, 5.74) is 12.1. The first kappa shape index (κ1) is 24.6. The molecule has 0 aromatic carbocycles. The van der Waals surface area contributed by atoms with Crippen molar-refractivity contribution in [1.82, 2.24) is 19.5 Å². The molecule has 2 aromatic heterocycles. The van der Waals surface area contributed by atoms with Crippen LogP contribution in [0.2, 0.25) is 0 Å². The predicted octanol–water partition coefficient (Wildman–Crippen LogP) is 1.85. The number of nitrogens with two attached hydrogens (primary N) is 2. The molecule has 1 saturated carbocycles. The van der Waals surface area contributed by atoms with Gasteiger partial charge in [0.2, 0.25) is 11.9 Å². The maximum absolute atomic E-state index is 11.0. The number of nitrogens with one attached hydrogen (secondary N) is 1. The number of amides is 1. The lowest BCUT2D eigenvalue weighted by molar-refractivity contribution is -0.118. The van der Waals surface area contributed by atoms with Crippen LogP contribution in [0.5, 0.6) is 0 Å². The summed E-state index contributed by atoms with van der Waals surface area (Å²) in [6.07, 6.45) is 9.08. The van der Waals surface area contributed by atoms with Gasteiger partial charge in [-0.3, -0.25) is 9.36 Å². The van der Waals surface area contributed by atoms with Crippen LogP contribution in [-0.4, -0.2) is 60.5 Å². The molecule has 2 fully saturated rings. The zero-order valence-corrected chi connectivity index (χ0v) is 19.6. The number of ether oxygens (including phenoxy) is 1. The number of carbonyl (C=O) groups excluding carboxylic acids is 1. The van der Waals surface area contributed by atoms with Gasteiger partial charge in [0.1, 0.15) is 17.7 Å². The average molecular weight is 476 g/mol. The Kier molecular flexibility index (Phi) is 8.17. The summed E-state index contributed by atoms with van der Waals surface area (Å²) < 4.78 is 7.49. The van der Waals surface area contributed by atoms with Gasteiger partial charge in [0.15, 0.2) is 17.7 Å². The summed E-state index contributed by atoms with van der Waals surface area (Å²) >= 11 is 0. The van der Waals surface area contributed by atoms with Crippen LogP contribution in [0.3, 0.4) is 0 Å². The van der Waals surface area contributed by atoms with E-state index in [9.17, 15) is 15.0 Å². The average Bonchev–Trinajstić information content (AvgIpc) is 3.36. The number of aliphatic hydroxyl groups excluding tert-OH is 2. The van der Waals surface area contributed by atoms with Crippen LogP contribution < -0.4 is 16.8 Å². The summed E-state index contributed by atoms with van der Waals surface area (Å²) in [4.78, 5) is 24.2. The number of hydrogen-bond donors (Lipinski definition) is 5. The number of anilines is 2. The molecule has 0 radical (unpaired) electrons. The number of hydrogen-bond acceptors (Lipinski definition) is 9. The molecule has 11 nitrogen and oxygen atoms in total. The van der Waals surface area contributed by atoms with Crippen molar-refractivity contribution in [2.75, 3.05) is 17.6 Å². The quantitative estimate of drug-likeness (QED) is 0.304. The van der Waals surface area contributed by atoms with Crippen molar-refractivity contribution < 1.29 is 19.7 Å². The van der Waals surface area contributed by atoms with Crippen molar-refractivity contribution in [2.45, 2.75) is 95.2 Å². The highest BCUT2D eigenvalue weighted by atomic mass is 16.6. The van der Waals surface area contributed by atoms with Crippen molar-refractivity contribution in [3.05, 3.63) is 6.33 Å². The van der Waals surface area contributed by atoms with E-state index in [4.69, 9.17) is 16.2 Å². The van der Waals surface area contributed by atoms with Gasteiger partial charge >= 0.3 is 0 Å². The van der Waals surface area contributed by atoms with Gasteiger partial charge in [0, 0.05) is 13.0 Å². The molecule has 4 atom stereocenters. The molecule has 11 heteroatoms. The number of unbranched alkanes of at least 4 members (excludes halogenated alkanes) is 1. The van der Waals surface area contributed by atoms with Crippen molar-refractivity contribution in [3.63, 3.8) is 0 Å². The highest BCUT2D eigenvalue weighted by Crippen LogP contribution is 2.34. The minimum atomic E-state index is -1.18. The minimum Gasteiger partial charge on any atom is -0.388 e. The lowest BCUT2D eigenvalue weighted by atomic mass is 9.86. The van der Waals surface area contributed by atoms with Crippen LogP contribution in [0.15, 0.2) is 6.33 Å². The van der Waals surface area contributed by atoms with Crippen LogP contribution in [-0.2, 0) is 9.53 Å². The highest BCUT2D eigenvalue weighted by Gasteiger charge is 2.44. The maximum atomic E-state index is 11.0. The molecule has 34 heavy (non-hydrogen) atoms. The molecule has 0 bridgehead atoms. The molecule has 188 valence electrons. The standard InChI is InChI=1S/C23H37N7O4/c24-16(31)11-6-10-15-18(32)19(33)22(34-15)30-13-27-17-20(25)28-23(29-21(17)30)26-12-5-4-9-14-7-2-1-3-8-14/h13-15,18-19,22,32-33H,1-12H2,(H2,24,31)(H3,25,26,28,29)/t15-,18?,19?,22-/m1/s1. The van der Waals surface area contributed by atoms with Gasteiger partial charge in [-0.05, 0) is 25.2 Å². The fraction of sp³-hybridized carbons (Fsp3) is 0.739. The monoisotopic (exact) mass is 475 g/mol. The SMILES string of the molecule is NC(=O)CCC[C@H]1O[C@@H](n2cnc3c(N)nc(NCCCCC4CCCCC4)nc32)C(O)C1O. The molecule has 1 aliphatic carbocycles. The summed E-state index contributed by atoms with van der Waals surface area (Å²) in [5, 5.41) is 24.3. The third-order valence-corrected chi connectivity index (χ3v) is 7.02. The zero-order valence-electron chi connectivity index (χ0n) is 19.6. The Morgan fingerprint density at radius 1 is 1.12 bits per heavy atom. The second-order valence-electron chi connectivity index (χ2n) is 9.59. The molecule has 2 aromatic rings. The molecule has 3 heterocycles. The van der Waals surface area contributed by atoms with Gasteiger partial charge in [0.05, 0.1) is 12.4 Å². The number of primary amides is 1. The van der Waals surface area contributed by atoms with Gasteiger partial charge in [-0.2, -0.15) is 9.97 Å². The predicted molar refractivity (Wildman–Crippen MR) is 128 cm³/mol. The first-order chi connectivity index (χ1) is 16.4.